The highest BCUT2D eigenvalue weighted by molar-refractivity contribution is 14.0. The molecule has 7 nitrogen and oxygen atoms in total. The van der Waals surface area contributed by atoms with Crippen molar-refractivity contribution in [2.75, 3.05) is 31.6 Å². The quantitative estimate of drug-likeness (QED) is 0.261. The molecule has 0 spiro atoms. The lowest BCUT2D eigenvalue weighted by molar-refractivity contribution is 0.0526. The van der Waals surface area contributed by atoms with Crippen LogP contribution in [0.4, 0.5) is 10.2 Å². The van der Waals surface area contributed by atoms with Gasteiger partial charge in [-0.3, -0.25) is 4.99 Å². The van der Waals surface area contributed by atoms with Gasteiger partial charge in [-0.05, 0) is 43.2 Å². The molecule has 0 aliphatic carbocycles. The van der Waals surface area contributed by atoms with Gasteiger partial charge in [-0.1, -0.05) is 12.1 Å². The SMILES string of the molecule is CCOC(=O)c1ccc(CNC(=NC)NC2CCN(c3ncccc3F)C2)cc1.I. The molecule has 1 aliphatic rings. The van der Waals surface area contributed by atoms with Crippen molar-refractivity contribution in [2.45, 2.75) is 25.9 Å². The highest BCUT2D eigenvalue weighted by Gasteiger charge is 2.25. The molecule has 30 heavy (non-hydrogen) atoms. The maximum atomic E-state index is 13.9. The van der Waals surface area contributed by atoms with Gasteiger partial charge in [0.1, 0.15) is 0 Å². The van der Waals surface area contributed by atoms with E-state index in [9.17, 15) is 9.18 Å². The molecule has 0 bridgehead atoms. The third-order valence-corrected chi connectivity index (χ3v) is 4.72. The Balaban J connectivity index is 0.00000320. The Labute approximate surface area is 193 Å². The zero-order chi connectivity index (χ0) is 20.6. The van der Waals surface area contributed by atoms with Crippen molar-refractivity contribution >= 4 is 41.7 Å². The van der Waals surface area contributed by atoms with Crippen molar-refractivity contribution in [3.05, 3.63) is 59.5 Å². The number of hydrogen-bond donors (Lipinski definition) is 2. The summed E-state index contributed by atoms with van der Waals surface area (Å²) in [5.74, 6) is 0.441. The van der Waals surface area contributed by atoms with Crippen LogP contribution in [-0.2, 0) is 11.3 Å². The van der Waals surface area contributed by atoms with Crippen LogP contribution in [-0.4, -0.2) is 49.7 Å². The number of halogens is 2. The summed E-state index contributed by atoms with van der Waals surface area (Å²) >= 11 is 0. The molecule has 0 radical (unpaired) electrons. The Bertz CT molecular complexity index is 863. The summed E-state index contributed by atoms with van der Waals surface area (Å²) in [5.41, 5.74) is 1.55. The van der Waals surface area contributed by atoms with E-state index < -0.39 is 0 Å². The number of rotatable bonds is 6. The molecule has 9 heteroatoms. The van der Waals surface area contributed by atoms with E-state index >= 15 is 0 Å². The predicted molar refractivity (Wildman–Crippen MR) is 126 cm³/mol. The van der Waals surface area contributed by atoms with Crippen LogP contribution in [0.2, 0.25) is 0 Å². The Hall–Kier alpha value is -2.43. The van der Waals surface area contributed by atoms with Crippen molar-refractivity contribution in [3.8, 4) is 0 Å². The number of ether oxygens (including phenoxy) is 1. The molecule has 1 unspecified atom stereocenters. The summed E-state index contributed by atoms with van der Waals surface area (Å²) in [7, 11) is 1.71. The maximum Gasteiger partial charge on any atom is 0.338 e. The van der Waals surface area contributed by atoms with E-state index in [1.807, 2.05) is 17.0 Å². The average Bonchev–Trinajstić information content (AvgIpc) is 3.20. The van der Waals surface area contributed by atoms with Gasteiger partial charge in [0.05, 0.1) is 12.2 Å². The lowest BCUT2D eigenvalue weighted by atomic mass is 10.1. The number of hydrogen-bond acceptors (Lipinski definition) is 5. The van der Waals surface area contributed by atoms with Crippen LogP contribution in [0.25, 0.3) is 0 Å². The van der Waals surface area contributed by atoms with Gasteiger partial charge >= 0.3 is 5.97 Å². The summed E-state index contributed by atoms with van der Waals surface area (Å²) in [5, 5.41) is 6.64. The molecule has 2 N–H and O–H groups in total. The monoisotopic (exact) mass is 527 g/mol. The molecule has 2 heterocycles. The molecule has 3 rings (SSSR count). The fourth-order valence-electron chi connectivity index (χ4n) is 3.23. The van der Waals surface area contributed by atoms with Crippen molar-refractivity contribution in [1.29, 1.82) is 0 Å². The van der Waals surface area contributed by atoms with Crippen LogP contribution in [0.5, 0.6) is 0 Å². The molecule has 2 aromatic rings. The van der Waals surface area contributed by atoms with Crippen LogP contribution in [0.15, 0.2) is 47.6 Å². The first-order valence-corrected chi connectivity index (χ1v) is 9.69. The van der Waals surface area contributed by atoms with Crippen molar-refractivity contribution in [3.63, 3.8) is 0 Å². The van der Waals surface area contributed by atoms with Gasteiger partial charge in [-0.15, -0.1) is 24.0 Å². The van der Waals surface area contributed by atoms with E-state index in [-0.39, 0.29) is 41.8 Å². The minimum atomic E-state index is -0.320. The maximum absolute atomic E-state index is 13.9. The van der Waals surface area contributed by atoms with E-state index in [0.717, 1.165) is 18.5 Å². The first kappa shape index (κ1) is 23.8. The van der Waals surface area contributed by atoms with Gasteiger partial charge < -0.3 is 20.3 Å². The number of nitrogens with one attached hydrogen (secondary N) is 2. The summed E-state index contributed by atoms with van der Waals surface area (Å²) < 4.78 is 18.9. The number of aromatic nitrogens is 1. The average molecular weight is 527 g/mol. The Morgan fingerprint density at radius 1 is 1.33 bits per heavy atom. The summed E-state index contributed by atoms with van der Waals surface area (Å²) in [6, 6.07) is 10.4. The van der Waals surface area contributed by atoms with Crippen LogP contribution in [0.1, 0.15) is 29.3 Å². The predicted octanol–water partition coefficient (Wildman–Crippen LogP) is 2.96. The van der Waals surface area contributed by atoms with Crippen LogP contribution >= 0.6 is 24.0 Å². The Kier molecular flexibility index (Phi) is 9.28. The van der Waals surface area contributed by atoms with Gasteiger partial charge in [-0.2, -0.15) is 0 Å². The smallest absolute Gasteiger partial charge is 0.338 e. The number of aliphatic imine (C=N–C) groups is 1. The number of nitrogens with zero attached hydrogens (tertiary/aromatic N) is 3. The number of pyridine rings is 1. The Morgan fingerprint density at radius 2 is 2.10 bits per heavy atom. The highest BCUT2D eigenvalue weighted by atomic mass is 127. The second-order valence-corrected chi connectivity index (χ2v) is 6.73. The summed E-state index contributed by atoms with van der Waals surface area (Å²) in [4.78, 5) is 22.1. The van der Waals surface area contributed by atoms with E-state index in [1.54, 1.807) is 38.4 Å². The number of carbonyl (C=O) groups excluding carboxylic acids is 1. The topological polar surface area (TPSA) is 78.8 Å². The molecule has 1 aliphatic heterocycles. The summed E-state index contributed by atoms with van der Waals surface area (Å²) in [6.07, 6.45) is 2.47. The molecule has 162 valence electrons. The molecule has 0 amide bonds. The van der Waals surface area contributed by atoms with E-state index in [1.165, 1.54) is 6.07 Å². The minimum Gasteiger partial charge on any atom is -0.462 e. The molecule has 1 fully saturated rings. The fraction of sp³-hybridized carbons (Fsp3) is 0.381. The second-order valence-electron chi connectivity index (χ2n) is 6.73. The van der Waals surface area contributed by atoms with E-state index in [2.05, 4.69) is 20.6 Å². The molecule has 1 aromatic heterocycles. The van der Waals surface area contributed by atoms with Crippen LogP contribution in [0.3, 0.4) is 0 Å². The van der Waals surface area contributed by atoms with Crippen molar-refractivity contribution in [1.82, 2.24) is 15.6 Å². The first-order valence-electron chi connectivity index (χ1n) is 9.69. The van der Waals surface area contributed by atoms with Gasteiger partial charge in [-0.25, -0.2) is 14.2 Å². The van der Waals surface area contributed by atoms with E-state index in [4.69, 9.17) is 4.74 Å². The molecular formula is C21H27FIN5O2. The molecule has 0 saturated carbocycles. The number of carbonyl (C=O) groups is 1. The van der Waals surface area contributed by atoms with Gasteiger partial charge in [0.15, 0.2) is 17.6 Å². The second kappa shape index (κ2) is 11.7. The van der Waals surface area contributed by atoms with Gasteiger partial charge in [0.25, 0.3) is 0 Å². The van der Waals surface area contributed by atoms with Crippen molar-refractivity contribution < 1.29 is 13.9 Å². The third kappa shape index (κ3) is 6.28. The number of anilines is 1. The van der Waals surface area contributed by atoms with Gasteiger partial charge in [0, 0.05) is 38.9 Å². The lowest BCUT2D eigenvalue weighted by Gasteiger charge is -2.20. The molecule has 1 atom stereocenters. The molecule has 1 saturated heterocycles. The molecule has 1 aromatic carbocycles. The number of guanidine groups is 1. The van der Waals surface area contributed by atoms with Crippen molar-refractivity contribution in [2.24, 2.45) is 4.99 Å². The lowest BCUT2D eigenvalue weighted by Crippen LogP contribution is -2.44. The van der Waals surface area contributed by atoms with Crippen LogP contribution in [0, 0.1) is 5.82 Å². The third-order valence-electron chi connectivity index (χ3n) is 4.72. The normalized spacial score (nSPS) is 16.0. The zero-order valence-electron chi connectivity index (χ0n) is 17.1. The molecular weight excluding hydrogens is 500 g/mol. The number of benzene rings is 1. The van der Waals surface area contributed by atoms with Crippen LogP contribution < -0.4 is 15.5 Å². The fourth-order valence-corrected chi connectivity index (χ4v) is 3.23. The minimum absolute atomic E-state index is 0. The number of esters is 1. The highest BCUT2D eigenvalue weighted by Crippen LogP contribution is 2.20. The van der Waals surface area contributed by atoms with E-state index in [0.29, 0.717) is 37.0 Å². The first-order chi connectivity index (χ1) is 14.1. The van der Waals surface area contributed by atoms with Gasteiger partial charge in [0.2, 0.25) is 0 Å². The summed E-state index contributed by atoms with van der Waals surface area (Å²) in [6.45, 7) is 4.09. The zero-order valence-corrected chi connectivity index (χ0v) is 19.4. The largest absolute Gasteiger partial charge is 0.462 e. The standard InChI is InChI=1S/C21H26FN5O2.HI/c1-3-29-20(28)16-8-6-15(7-9-16)13-25-21(23-2)26-17-10-12-27(14-17)19-18(22)5-4-11-24-19;/h4-9,11,17H,3,10,12-14H2,1-2H3,(H2,23,25,26);1H. The Morgan fingerprint density at radius 3 is 2.77 bits per heavy atom.